The van der Waals surface area contributed by atoms with Crippen LogP contribution in [0.3, 0.4) is 0 Å². The van der Waals surface area contributed by atoms with Gasteiger partial charge in [-0.25, -0.2) is 0 Å². The first-order valence-electron chi connectivity index (χ1n) is 7.91. The molecular weight excluding hydrogens is 220 g/mol. The van der Waals surface area contributed by atoms with Gasteiger partial charge < -0.3 is 10.6 Å². The monoisotopic (exact) mass is 254 g/mol. The van der Waals surface area contributed by atoms with Gasteiger partial charge in [0.05, 0.1) is 0 Å². The summed E-state index contributed by atoms with van der Waals surface area (Å²) in [6.45, 7) is 15.2. The van der Waals surface area contributed by atoms with Crippen molar-refractivity contribution < 1.29 is 0 Å². The first-order valence-corrected chi connectivity index (χ1v) is 7.91. The summed E-state index contributed by atoms with van der Waals surface area (Å²) in [4.78, 5) is 2.60. The molecule has 0 radical (unpaired) electrons. The smallest absolute Gasteiger partial charge is 0.00795 e. The number of nitrogens with zero attached hydrogens (tertiary/aromatic N) is 1. The van der Waals surface area contributed by atoms with Crippen molar-refractivity contribution in [1.29, 1.82) is 0 Å². The van der Waals surface area contributed by atoms with Crippen LogP contribution in [0.4, 0.5) is 0 Å². The lowest BCUT2D eigenvalue weighted by Gasteiger charge is -2.39. The van der Waals surface area contributed by atoms with Gasteiger partial charge in [0.1, 0.15) is 0 Å². The maximum Gasteiger partial charge on any atom is 0.00795 e. The number of hydrogen-bond donors (Lipinski definition) is 1. The third-order valence-electron chi connectivity index (χ3n) is 4.59. The molecule has 1 rings (SSSR count). The molecule has 0 amide bonds. The highest BCUT2D eigenvalue weighted by Gasteiger charge is 2.30. The first-order chi connectivity index (χ1) is 8.43. The quantitative estimate of drug-likeness (QED) is 0.787. The molecule has 3 unspecified atom stereocenters. The molecule has 108 valence electrons. The van der Waals surface area contributed by atoms with Crippen molar-refractivity contribution in [2.24, 2.45) is 29.4 Å². The largest absolute Gasteiger partial charge is 0.327 e. The van der Waals surface area contributed by atoms with E-state index in [-0.39, 0.29) is 0 Å². The molecule has 2 N–H and O–H groups in total. The summed E-state index contributed by atoms with van der Waals surface area (Å²) in [5.41, 5.74) is 6.35. The van der Waals surface area contributed by atoms with E-state index in [0.717, 1.165) is 24.3 Å². The second kappa shape index (κ2) is 7.49. The molecule has 2 nitrogen and oxygen atoms in total. The average molecular weight is 254 g/mol. The maximum absolute atomic E-state index is 6.35. The Kier molecular flexibility index (Phi) is 6.65. The van der Waals surface area contributed by atoms with Crippen LogP contribution in [0, 0.1) is 23.7 Å². The first kappa shape index (κ1) is 16.0. The zero-order valence-electron chi connectivity index (χ0n) is 13.2. The predicted molar refractivity (Wildman–Crippen MR) is 80.6 cm³/mol. The van der Waals surface area contributed by atoms with Crippen molar-refractivity contribution in [3.05, 3.63) is 0 Å². The predicted octanol–water partition coefficient (Wildman–Crippen LogP) is 3.36. The van der Waals surface area contributed by atoms with E-state index < -0.39 is 0 Å². The third kappa shape index (κ3) is 4.89. The topological polar surface area (TPSA) is 29.3 Å². The van der Waals surface area contributed by atoms with Gasteiger partial charge in [-0.2, -0.15) is 0 Å². The molecule has 0 aliphatic heterocycles. The molecule has 1 aliphatic rings. The lowest BCUT2D eigenvalue weighted by Crippen LogP contribution is -2.44. The molecule has 0 heterocycles. The normalized spacial score (nSPS) is 29.5. The van der Waals surface area contributed by atoms with Crippen LogP contribution in [0.1, 0.15) is 53.9 Å². The summed E-state index contributed by atoms with van der Waals surface area (Å²) in [6.07, 6.45) is 3.91. The second-order valence-electron chi connectivity index (χ2n) is 6.99. The molecule has 0 aromatic carbocycles. The van der Waals surface area contributed by atoms with Crippen molar-refractivity contribution in [2.75, 3.05) is 19.6 Å². The fourth-order valence-corrected chi connectivity index (χ4v) is 3.32. The lowest BCUT2D eigenvalue weighted by molar-refractivity contribution is 0.132. The summed E-state index contributed by atoms with van der Waals surface area (Å²) in [5.74, 6) is 3.18. The fraction of sp³-hybridized carbons (Fsp3) is 1.00. The van der Waals surface area contributed by atoms with Gasteiger partial charge in [0, 0.05) is 19.1 Å². The highest BCUT2D eigenvalue weighted by molar-refractivity contribution is 4.85. The zero-order chi connectivity index (χ0) is 13.7. The lowest BCUT2D eigenvalue weighted by atomic mass is 9.73. The summed E-state index contributed by atoms with van der Waals surface area (Å²) in [5, 5.41) is 0. The minimum absolute atomic E-state index is 0.432. The van der Waals surface area contributed by atoms with E-state index in [9.17, 15) is 0 Å². The van der Waals surface area contributed by atoms with Crippen LogP contribution in [0.2, 0.25) is 0 Å². The minimum atomic E-state index is 0.432. The zero-order valence-corrected chi connectivity index (χ0v) is 13.2. The molecule has 1 fully saturated rings. The minimum Gasteiger partial charge on any atom is -0.327 e. The van der Waals surface area contributed by atoms with Gasteiger partial charge in [-0.15, -0.1) is 0 Å². The SMILES string of the molecule is CCN(CC(C)C)CC1CC(C(C)C)CCC1N. The van der Waals surface area contributed by atoms with Gasteiger partial charge >= 0.3 is 0 Å². The summed E-state index contributed by atoms with van der Waals surface area (Å²) in [7, 11) is 0. The fourth-order valence-electron chi connectivity index (χ4n) is 3.32. The van der Waals surface area contributed by atoms with Crippen molar-refractivity contribution >= 4 is 0 Å². The van der Waals surface area contributed by atoms with Gasteiger partial charge in [-0.05, 0) is 49.5 Å². The molecule has 2 heteroatoms. The van der Waals surface area contributed by atoms with E-state index in [2.05, 4.69) is 39.5 Å². The van der Waals surface area contributed by atoms with Crippen molar-refractivity contribution in [1.82, 2.24) is 4.90 Å². The Morgan fingerprint density at radius 1 is 1.17 bits per heavy atom. The molecule has 0 bridgehead atoms. The van der Waals surface area contributed by atoms with Gasteiger partial charge in [-0.1, -0.05) is 34.6 Å². The van der Waals surface area contributed by atoms with Gasteiger partial charge in [0.25, 0.3) is 0 Å². The van der Waals surface area contributed by atoms with E-state index in [1.807, 2.05) is 0 Å². The van der Waals surface area contributed by atoms with E-state index >= 15 is 0 Å². The number of hydrogen-bond acceptors (Lipinski definition) is 2. The summed E-state index contributed by atoms with van der Waals surface area (Å²) >= 11 is 0. The average Bonchev–Trinajstić information content (AvgIpc) is 2.29. The molecule has 0 spiro atoms. The van der Waals surface area contributed by atoms with E-state index in [4.69, 9.17) is 5.73 Å². The Hall–Kier alpha value is -0.0800. The van der Waals surface area contributed by atoms with Crippen LogP contribution in [-0.2, 0) is 0 Å². The van der Waals surface area contributed by atoms with Gasteiger partial charge in [0.2, 0.25) is 0 Å². The van der Waals surface area contributed by atoms with Crippen LogP contribution in [0.15, 0.2) is 0 Å². The molecule has 3 atom stereocenters. The Labute approximate surface area is 114 Å². The third-order valence-corrected chi connectivity index (χ3v) is 4.59. The van der Waals surface area contributed by atoms with E-state index in [1.165, 1.54) is 32.4 Å². The van der Waals surface area contributed by atoms with Crippen LogP contribution in [-0.4, -0.2) is 30.6 Å². The van der Waals surface area contributed by atoms with Crippen molar-refractivity contribution in [3.8, 4) is 0 Å². The Bertz CT molecular complexity index is 225. The standard InChI is InChI=1S/C16H34N2/c1-6-18(10-12(2)3)11-15-9-14(13(4)5)7-8-16(15)17/h12-16H,6-11,17H2,1-5H3. The molecule has 1 saturated carbocycles. The second-order valence-corrected chi connectivity index (χ2v) is 6.99. The molecule has 0 aromatic heterocycles. The molecule has 18 heavy (non-hydrogen) atoms. The number of nitrogens with two attached hydrogens (primary N) is 1. The van der Waals surface area contributed by atoms with Crippen LogP contribution < -0.4 is 5.73 Å². The molecule has 0 saturated heterocycles. The Morgan fingerprint density at radius 3 is 2.33 bits per heavy atom. The maximum atomic E-state index is 6.35. The number of rotatable bonds is 6. The Morgan fingerprint density at radius 2 is 1.83 bits per heavy atom. The van der Waals surface area contributed by atoms with E-state index in [0.29, 0.717) is 12.0 Å². The van der Waals surface area contributed by atoms with Gasteiger partial charge in [0.15, 0.2) is 0 Å². The summed E-state index contributed by atoms with van der Waals surface area (Å²) in [6, 6.07) is 0.432. The van der Waals surface area contributed by atoms with Crippen LogP contribution >= 0.6 is 0 Å². The Balaban J connectivity index is 2.51. The van der Waals surface area contributed by atoms with Gasteiger partial charge in [-0.3, -0.25) is 0 Å². The van der Waals surface area contributed by atoms with E-state index in [1.54, 1.807) is 0 Å². The van der Waals surface area contributed by atoms with Crippen LogP contribution in [0.5, 0.6) is 0 Å². The highest BCUT2D eigenvalue weighted by atomic mass is 15.1. The molecule has 1 aliphatic carbocycles. The summed E-state index contributed by atoms with van der Waals surface area (Å²) < 4.78 is 0. The van der Waals surface area contributed by atoms with Crippen molar-refractivity contribution in [2.45, 2.75) is 59.9 Å². The molecule has 0 aromatic rings. The highest BCUT2D eigenvalue weighted by Crippen LogP contribution is 2.33. The van der Waals surface area contributed by atoms with Crippen LogP contribution in [0.25, 0.3) is 0 Å². The van der Waals surface area contributed by atoms with Crippen molar-refractivity contribution in [3.63, 3.8) is 0 Å². The molecular formula is C16H34N2.